The van der Waals surface area contributed by atoms with Crippen LogP contribution >= 0.6 is 11.3 Å². The van der Waals surface area contributed by atoms with Crippen LogP contribution in [0.3, 0.4) is 0 Å². The van der Waals surface area contributed by atoms with Crippen molar-refractivity contribution in [3.63, 3.8) is 0 Å². The molecule has 1 aromatic carbocycles. The highest BCUT2D eigenvalue weighted by molar-refractivity contribution is 7.91. The monoisotopic (exact) mass is 392 g/mol. The number of carbonyl (C=O) groups is 1. The van der Waals surface area contributed by atoms with Gasteiger partial charge in [-0.15, -0.1) is 10.2 Å². The molecule has 2 aliphatic rings. The van der Waals surface area contributed by atoms with Crippen molar-refractivity contribution in [2.24, 2.45) is 11.8 Å². The highest BCUT2D eigenvalue weighted by Gasteiger charge is 2.41. The Bertz CT molecular complexity index is 924. The number of rotatable bonds is 5. The molecular weight excluding hydrogens is 372 g/mol. The van der Waals surface area contributed by atoms with Crippen LogP contribution < -0.4 is 10.0 Å². The molecule has 7 nitrogen and oxygen atoms in total. The lowest BCUT2D eigenvalue weighted by Crippen LogP contribution is -2.38. The van der Waals surface area contributed by atoms with Gasteiger partial charge in [0.25, 0.3) is 15.9 Å². The summed E-state index contributed by atoms with van der Waals surface area (Å²) >= 11 is 0.865. The Morgan fingerprint density at radius 2 is 1.92 bits per heavy atom. The maximum atomic E-state index is 12.6. The molecule has 1 heterocycles. The standard InChI is InChI=1S/C17H20N4O3S2/c1-10-2-5-12(6-3-10)15(22)18-16-19-20-17(25-16)26(23,24)21-14-9-11-4-7-13(14)8-11/h2-3,5-6,11,13-14,21H,4,7-9H2,1H3,(H,18,19,22)/t11-,13-,14+/m1/s1. The average molecular weight is 393 g/mol. The maximum absolute atomic E-state index is 12.6. The molecule has 2 aromatic rings. The first-order valence-electron chi connectivity index (χ1n) is 8.64. The Morgan fingerprint density at radius 3 is 2.58 bits per heavy atom. The van der Waals surface area contributed by atoms with E-state index in [1.165, 1.54) is 6.42 Å². The van der Waals surface area contributed by atoms with Gasteiger partial charge in [-0.3, -0.25) is 10.1 Å². The Morgan fingerprint density at radius 1 is 1.15 bits per heavy atom. The molecule has 2 N–H and O–H groups in total. The third-order valence-electron chi connectivity index (χ3n) is 5.22. The molecule has 26 heavy (non-hydrogen) atoms. The van der Waals surface area contributed by atoms with Gasteiger partial charge in [0, 0.05) is 11.6 Å². The third-order valence-corrected chi connectivity index (χ3v) is 7.91. The fourth-order valence-corrected chi connectivity index (χ4v) is 6.11. The number of sulfonamides is 1. The number of anilines is 1. The minimum Gasteiger partial charge on any atom is -0.296 e. The fraction of sp³-hybridized carbons (Fsp3) is 0.471. The van der Waals surface area contributed by atoms with E-state index in [0.717, 1.165) is 36.2 Å². The first-order valence-corrected chi connectivity index (χ1v) is 10.9. The summed E-state index contributed by atoms with van der Waals surface area (Å²) in [5, 5.41) is 10.3. The van der Waals surface area contributed by atoms with Crippen LogP contribution in [0.15, 0.2) is 28.6 Å². The molecule has 2 fully saturated rings. The summed E-state index contributed by atoms with van der Waals surface area (Å²) in [6, 6.07) is 7.09. The smallest absolute Gasteiger partial charge is 0.270 e. The summed E-state index contributed by atoms with van der Waals surface area (Å²) in [4.78, 5) is 12.2. The molecular formula is C17H20N4O3S2. The maximum Gasteiger partial charge on any atom is 0.270 e. The quantitative estimate of drug-likeness (QED) is 0.762. The summed E-state index contributed by atoms with van der Waals surface area (Å²) in [5.74, 6) is 0.737. The number of aromatic nitrogens is 2. The highest BCUT2D eigenvalue weighted by atomic mass is 32.2. The Hall–Kier alpha value is -1.84. The van der Waals surface area contributed by atoms with Crippen LogP contribution in [-0.2, 0) is 10.0 Å². The van der Waals surface area contributed by atoms with Gasteiger partial charge < -0.3 is 0 Å². The third kappa shape index (κ3) is 3.51. The van der Waals surface area contributed by atoms with Gasteiger partial charge in [-0.1, -0.05) is 35.5 Å². The van der Waals surface area contributed by atoms with E-state index in [0.29, 0.717) is 17.4 Å². The van der Waals surface area contributed by atoms with Gasteiger partial charge in [0.05, 0.1) is 0 Å². The van der Waals surface area contributed by atoms with Crippen molar-refractivity contribution >= 4 is 32.4 Å². The van der Waals surface area contributed by atoms with Crippen LogP contribution in [0.2, 0.25) is 0 Å². The van der Waals surface area contributed by atoms with E-state index in [2.05, 4.69) is 20.2 Å². The second kappa shape index (κ2) is 6.71. The van der Waals surface area contributed by atoms with E-state index >= 15 is 0 Å². The van der Waals surface area contributed by atoms with E-state index in [4.69, 9.17) is 0 Å². The summed E-state index contributed by atoms with van der Waals surface area (Å²) in [7, 11) is -3.71. The zero-order valence-electron chi connectivity index (χ0n) is 14.3. The lowest BCUT2D eigenvalue weighted by molar-refractivity contribution is 0.102. The van der Waals surface area contributed by atoms with Crippen LogP contribution in [-0.4, -0.2) is 30.6 Å². The molecule has 0 spiro atoms. The normalized spacial score (nSPS) is 24.7. The lowest BCUT2D eigenvalue weighted by Gasteiger charge is -2.21. The number of fused-ring (bicyclic) bond motifs is 2. The molecule has 1 amide bonds. The summed E-state index contributed by atoms with van der Waals surface area (Å²) in [6.07, 6.45) is 4.31. The van der Waals surface area contributed by atoms with Crippen LogP contribution in [0, 0.1) is 18.8 Å². The van der Waals surface area contributed by atoms with Crippen molar-refractivity contribution in [2.75, 3.05) is 5.32 Å². The first-order chi connectivity index (χ1) is 12.4. The topological polar surface area (TPSA) is 101 Å². The Kier molecular flexibility index (Phi) is 4.54. The van der Waals surface area contributed by atoms with Crippen LogP contribution in [0.1, 0.15) is 41.6 Å². The van der Waals surface area contributed by atoms with Crippen molar-refractivity contribution in [3.05, 3.63) is 35.4 Å². The predicted molar refractivity (Wildman–Crippen MR) is 98.6 cm³/mol. The second-order valence-electron chi connectivity index (χ2n) is 7.10. The van der Waals surface area contributed by atoms with E-state index in [1.807, 2.05) is 19.1 Å². The largest absolute Gasteiger partial charge is 0.296 e. The number of nitrogens with zero attached hydrogens (tertiary/aromatic N) is 2. The van der Waals surface area contributed by atoms with Gasteiger partial charge in [-0.05, 0) is 50.2 Å². The van der Waals surface area contributed by atoms with Gasteiger partial charge in [0.1, 0.15) is 0 Å². The van der Waals surface area contributed by atoms with Crippen LogP contribution in [0.25, 0.3) is 0 Å². The van der Waals surface area contributed by atoms with Crippen molar-refractivity contribution in [1.29, 1.82) is 0 Å². The molecule has 3 atom stereocenters. The lowest BCUT2D eigenvalue weighted by atomic mass is 9.96. The zero-order chi connectivity index (χ0) is 18.3. The molecule has 0 saturated heterocycles. The number of amides is 1. The molecule has 1 aromatic heterocycles. The van der Waals surface area contributed by atoms with Crippen molar-refractivity contribution in [3.8, 4) is 0 Å². The number of carbonyl (C=O) groups excluding carboxylic acids is 1. The van der Waals surface area contributed by atoms with E-state index < -0.39 is 10.0 Å². The summed E-state index contributed by atoms with van der Waals surface area (Å²) in [5.41, 5.74) is 1.54. The predicted octanol–water partition coefficient (Wildman–Crippen LogP) is 2.57. The molecule has 4 rings (SSSR count). The van der Waals surface area contributed by atoms with E-state index in [1.54, 1.807) is 12.1 Å². The van der Waals surface area contributed by atoms with Gasteiger partial charge in [-0.25, -0.2) is 13.1 Å². The number of hydrogen-bond donors (Lipinski definition) is 2. The van der Waals surface area contributed by atoms with Gasteiger partial charge in [0.2, 0.25) is 9.47 Å². The van der Waals surface area contributed by atoms with Gasteiger partial charge in [-0.2, -0.15) is 0 Å². The zero-order valence-corrected chi connectivity index (χ0v) is 15.9. The molecule has 0 aliphatic heterocycles. The number of benzene rings is 1. The molecule has 0 unspecified atom stereocenters. The van der Waals surface area contributed by atoms with Gasteiger partial charge >= 0.3 is 0 Å². The SMILES string of the molecule is Cc1ccc(C(=O)Nc2nnc(S(=O)(=O)N[C@H]3C[C@@H]4CC[C@@H]3C4)s2)cc1. The minimum atomic E-state index is -3.71. The van der Waals surface area contributed by atoms with Gasteiger partial charge in [0.15, 0.2) is 0 Å². The summed E-state index contributed by atoms with van der Waals surface area (Å²) < 4.78 is 27.8. The highest BCUT2D eigenvalue weighted by Crippen LogP contribution is 2.44. The minimum absolute atomic E-state index is 0.00625. The second-order valence-corrected chi connectivity index (χ2v) is 9.96. The van der Waals surface area contributed by atoms with E-state index in [-0.39, 0.29) is 21.4 Å². The fourth-order valence-electron chi connectivity index (χ4n) is 3.88. The van der Waals surface area contributed by atoms with Crippen LogP contribution in [0.4, 0.5) is 5.13 Å². The first kappa shape index (κ1) is 17.6. The molecule has 2 bridgehead atoms. The van der Waals surface area contributed by atoms with Crippen molar-refractivity contribution in [1.82, 2.24) is 14.9 Å². The molecule has 2 saturated carbocycles. The van der Waals surface area contributed by atoms with E-state index in [9.17, 15) is 13.2 Å². The van der Waals surface area contributed by atoms with Crippen LogP contribution in [0.5, 0.6) is 0 Å². The molecule has 2 aliphatic carbocycles. The molecule has 0 radical (unpaired) electrons. The summed E-state index contributed by atoms with van der Waals surface area (Å²) in [6.45, 7) is 1.94. The number of nitrogens with one attached hydrogen (secondary N) is 2. The molecule has 9 heteroatoms. The molecule has 138 valence electrons. The average Bonchev–Trinajstić information content (AvgIpc) is 3.32. The van der Waals surface area contributed by atoms with Crippen molar-refractivity contribution in [2.45, 2.75) is 43.0 Å². The Labute approximate surface area is 156 Å². The van der Waals surface area contributed by atoms with Crippen molar-refractivity contribution < 1.29 is 13.2 Å². The number of hydrogen-bond acceptors (Lipinski definition) is 6. The number of aryl methyl sites for hydroxylation is 1. The Balaban J connectivity index is 1.43.